The lowest BCUT2D eigenvalue weighted by Gasteiger charge is -2.36. The summed E-state index contributed by atoms with van der Waals surface area (Å²) in [5.74, 6) is -0.481. The number of aliphatic carboxylic acids is 1. The lowest BCUT2D eigenvalue weighted by atomic mass is 9.77. The molecule has 0 saturated heterocycles. The van der Waals surface area contributed by atoms with Crippen LogP contribution in [0.4, 0.5) is 0 Å². The maximum Gasteiger partial charge on any atom is 0.329 e. The number of tetrazole rings is 1. The number of hydrogen-bond acceptors (Lipinski definition) is 6. The topological polar surface area (TPSA) is 119 Å². The number of ether oxygens (including phenoxy) is 1. The standard InChI is InChI=1S/C17H21N5O4/c1-11-5-7-17(8-6-11,16(24)25)19-15(23)12-3-4-14(26-2)13(9-12)22-10-18-20-21-22/h3-4,9-11H,5-8H2,1-2H3,(H,19,23)(H,24,25). The highest BCUT2D eigenvalue weighted by molar-refractivity contribution is 5.98. The van der Waals surface area contributed by atoms with E-state index in [1.807, 2.05) is 0 Å². The van der Waals surface area contributed by atoms with Crippen LogP contribution in [0.2, 0.25) is 0 Å². The molecule has 0 bridgehead atoms. The Kier molecular flexibility index (Phi) is 4.88. The number of carboxylic acid groups (broad SMARTS) is 1. The first-order chi connectivity index (χ1) is 12.4. The van der Waals surface area contributed by atoms with Crippen LogP contribution >= 0.6 is 0 Å². The molecule has 9 heteroatoms. The second-order valence-corrected chi connectivity index (χ2v) is 6.66. The number of carbonyl (C=O) groups is 2. The zero-order valence-electron chi connectivity index (χ0n) is 14.7. The largest absolute Gasteiger partial charge is 0.494 e. The van der Waals surface area contributed by atoms with Crippen LogP contribution in [0, 0.1) is 5.92 Å². The third kappa shape index (κ3) is 3.37. The van der Waals surface area contributed by atoms with E-state index < -0.39 is 17.4 Å². The minimum Gasteiger partial charge on any atom is -0.494 e. The number of nitrogens with one attached hydrogen (secondary N) is 1. The predicted molar refractivity (Wildman–Crippen MR) is 91.2 cm³/mol. The smallest absolute Gasteiger partial charge is 0.329 e. The molecule has 1 aliphatic carbocycles. The van der Waals surface area contributed by atoms with Gasteiger partial charge < -0.3 is 15.2 Å². The summed E-state index contributed by atoms with van der Waals surface area (Å²) in [4.78, 5) is 24.6. The second-order valence-electron chi connectivity index (χ2n) is 6.66. The van der Waals surface area contributed by atoms with Crippen LogP contribution in [0.3, 0.4) is 0 Å². The molecule has 1 aromatic heterocycles. The summed E-state index contributed by atoms with van der Waals surface area (Å²) in [6.07, 6.45) is 3.77. The zero-order chi connectivity index (χ0) is 18.7. The molecule has 1 aromatic carbocycles. The molecule has 3 rings (SSSR count). The van der Waals surface area contributed by atoms with Gasteiger partial charge in [-0.15, -0.1) is 5.10 Å². The van der Waals surface area contributed by atoms with Crippen LogP contribution in [-0.2, 0) is 4.79 Å². The van der Waals surface area contributed by atoms with E-state index in [0.717, 1.165) is 12.8 Å². The summed E-state index contributed by atoms with van der Waals surface area (Å²) < 4.78 is 6.66. The average molecular weight is 359 g/mol. The average Bonchev–Trinajstić information content (AvgIpc) is 3.17. The first kappa shape index (κ1) is 17.8. The van der Waals surface area contributed by atoms with Crippen molar-refractivity contribution in [3.63, 3.8) is 0 Å². The van der Waals surface area contributed by atoms with Crippen LogP contribution in [0.25, 0.3) is 5.69 Å². The van der Waals surface area contributed by atoms with Gasteiger partial charge in [-0.05, 0) is 60.2 Å². The highest BCUT2D eigenvalue weighted by Gasteiger charge is 2.42. The van der Waals surface area contributed by atoms with E-state index in [0.29, 0.717) is 35.8 Å². The predicted octanol–water partition coefficient (Wildman–Crippen LogP) is 1.43. The number of methoxy groups -OCH3 is 1. The van der Waals surface area contributed by atoms with E-state index in [4.69, 9.17) is 4.74 Å². The Labute approximate surface area is 150 Å². The maximum absolute atomic E-state index is 12.7. The van der Waals surface area contributed by atoms with Crippen molar-refractivity contribution >= 4 is 11.9 Å². The first-order valence-corrected chi connectivity index (χ1v) is 8.42. The molecule has 0 spiro atoms. The Hall–Kier alpha value is -2.97. The molecule has 9 nitrogen and oxygen atoms in total. The fraction of sp³-hybridized carbons (Fsp3) is 0.471. The van der Waals surface area contributed by atoms with Crippen LogP contribution in [-0.4, -0.2) is 49.8 Å². The molecule has 2 N–H and O–H groups in total. The number of aromatic nitrogens is 4. The van der Waals surface area contributed by atoms with Gasteiger partial charge in [0.1, 0.15) is 23.3 Å². The third-order valence-electron chi connectivity index (χ3n) is 4.93. The van der Waals surface area contributed by atoms with Gasteiger partial charge in [0.15, 0.2) is 0 Å². The monoisotopic (exact) mass is 359 g/mol. The fourth-order valence-electron chi connectivity index (χ4n) is 3.22. The van der Waals surface area contributed by atoms with Gasteiger partial charge >= 0.3 is 5.97 Å². The Morgan fingerprint density at radius 3 is 2.65 bits per heavy atom. The van der Waals surface area contributed by atoms with Crippen molar-refractivity contribution < 1.29 is 19.4 Å². The molecule has 2 aromatic rings. The van der Waals surface area contributed by atoms with Crippen molar-refractivity contribution in [2.24, 2.45) is 5.92 Å². The number of hydrogen-bond donors (Lipinski definition) is 2. The molecule has 1 amide bonds. The minimum absolute atomic E-state index is 0.315. The van der Waals surface area contributed by atoms with Crippen LogP contribution < -0.4 is 10.1 Å². The lowest BCUT2D eigenvalue weighted by Crippen LogP contribution is -2.56. The molecule has 1 aliphatic rings. The quantitative estimate of drug-likeness (QED) is 0.829. The number of nitrogens with zero attached hydrogens (tertiary/aromatic N) is 4. The van der Waals surface area contributed by atoms with Crippen molar-refractivity contribution in [2.45, 2.75) is 38.1 Å². The van der Waals surface area contributed by atoms with Crippen molar-refractivity contribution in [3.05, 3.63) is 30.1 Å². The van der Waals surface area contributed by atoms with Gasteiger partial charge in [-0.3, -0.25) is 4.79 Å². The fourth-order valence-corrected chi connectivity index (χ4v) is 3.22. The van der Waals surface area contributed by atoms with Gasteiger partial charge in [0, 0.05) is 5.56 Å². The molecular weight excluding hydrogens is 338 g/mol. The van der Waals surface area contributed by atoms with Crippen LogP contribution in [0.1, 0.15) is 43.0 Å². The normalized spacial score (nSPS) is 22.6. The molecule has 26 heavy (non-hydrogen) atoms. The van der Waals surface area contributed by atoms with Gasteiger partial charge in [0.05, 0.1) is 7.11 Å². The molecule has 0 unspecified atom stereocenters. The van der Waals surface area contributed by atoms with E-state index >= 15 is 0 Å². The van der Waals surface area contributed by atoms with Gasteiger partial charge in [0.25, 0.3) is 5.91 Å². The van der Waals surface area contributed by atoms with Gasteiger partial charge in [-0.1, -0.05) is 6.92 Å². The van der Waals surface area contributed by atoms with Crippen molar-refractivity contribution in [2.75, 3.05) is 7.11 Å². The highest BCUT2D eigenvalue weighted by Crippen LogP contribution is 2.33. The second kappa shape index (κ2) is 7.11. The van der Waals surface area contributed by atoms with E-state index in [-0.39, 0.29) is 0 Å². The van der Waals surface area contributed by atoms with E-state index in [1.165, 1.54) is 18.1 Å². The summed E-state index contributed by atoms with van der Waals surface area (Å²) in [5, 5.41) is 23.4. The molecule has 1 heterocycles. The Morgan fingerprint density at radius 1 is 1.35 bits per heavy atom. The molecule has 0 aliphatic heterocycles. The summed E-state index contributed by atoms with van der Waals surface area (Å²) in [6.45, 7) is 2.09. The Balaban J connectivity index is 1.88. The number of amides is 1. The molecule has 1 fully saturated rings. The maximum atomic E-state index is 12.7. The highest BCUT2D eigenvalue weighted by atomic mass is 16.5. The van der Waals surface area contributed by atoms with Crippen molar-refractivity contribution in [1.82, 2.24) is 25.5 Å². The number of carboxylic acids is 1. The number of benzene rings is 1. The van der Waals surface area contributed by atoms with Gasteiger partial charge in [-0.25, -0.2) is 4.79 Å². The zero-order valence-corrected chi connectivity index (χ0v) is 14.7. The number of carbonyl (C=O) groups excluding carboxylic acids is 1. The van der Waals surface area contributed by atoms with Gasteiger partial charge in [0.2, 0.25) is 0 Å². The summed E-state index contributed by atoms with van der Waals surface area (Å²) >= 11 is 0. The first-order valence-electron chi connectivity index (χ1n) is 8.42. The van der Waals surface area contributed by atoms with Gasteiger partial charge in [-0.2, -0.15) is 4.68 Å². The molecular formula is C17H21N5O4. The summed E-state index contributed by atoms with van der Waals surface area (Å²) in [6, 6.07) is 4.79. The van der Waals surface area contributed by atoms with Crippen LogP contribution in [0.15, 0.2) is 24.5 Å². The molecule has 138 valence electrons. The Bertz CT molecular complexity index is 797. The van der Waals surface area contributed by atoms with E-state index in [1.54, 1.807) is 18.2 Å². The van der Waals surface area contributed by atoms with Crippen LogP contribution in [0.5, 0.6) is 5.75 Å². The number of rotatable bonds is 5. The van der Waals surface area contributed by atoms with Crippen molar-refractivity contribution in [1.29, 1.82) is 0 Å². The lowest BCUT2D eigenvalue weighted by molar-refractivity contribution is -0.146. The van der Waals surface area contributed by atoms with E-state index in [2.05, 4.69) is 27.8 Å². The Morgan fingerprint density at radius 2 is 2.08 bits per heavy atom. The molecule has 1 saturated carbocycles. The minimum atomic E-state index is -1.22. The summed E-state index contributed by atoms with van der Waals surface area (Å²) in [5.41, 5.74) is -0.416. The molecule has 0 radical (unpaired) electrons. The van der Waals surface area contributed by atoms with E-state index in [9.17, 15) is 14.7 Å². The third-order valence-corrected chi connectivity index (χ3v) is 4.93. The van der Waals surface area contributed by atoms with Crippen molar-refractivity contribution in [3.8, 4) is 11.4 Å². The summed E-state index contributed by atoms with van der Waals surface area (Å²) in [7, 11) is 1.51. The SMILES string of the molecule is COc1ccc(C(=O)NC2(C(=O)O)CCC(C)CC2)cc1-n1cnnn1. The molecule has 0 atom stereocenters.